The van der Waals surface area contributed by atoms with Crippen LogP contribution in [0, 0.1) is 5.41 Å². The van der Waals surface area contributed by atoms with E-state index in [9.17, 15) is 0 Å². The molecule has 1 heteroatoms. The Morgan fingerprint density at radius 1 is 1.21 bits per heavy atom. The Hall–Kier alpha value is -1.24. The fourth-order valence-corrected chi connectivity index (χ4v) is 1.70. The summed E-state index contributed by atoms with van der Waals surface area (Å²) >= 11 is 0. The highest BCUT2D eigenvalue weighted by Crippen LogP contribution is 2.29. The van der Waals surface area contributed by atoms with Crippen LogP contribution in [0.15, 0.2) is 42.2 Å². The van der Waals surface area contributed by atoms with Crippen LogP contribution < -0.4 is 0 Å². The summed E-state index contributed by atoms with van der Waals surface area (Å²) in [6.45, 7) is 5.21. The van der Waals surface area contributed by atoms with Gasteiger partial charge < -0.3 is 4.74 Å². The van der Waals surface area contributed by atoms with Crippen molar-refractivity contribution in [3.63, 3.8) is 0 Å². The molecule has 1 aliphatic heterocycles. The van der Waals surface area contributed by atoms with Crippen molar-refractivity contribution in [2.45, 2.75) is 20.3 Å². The van der Waals surface area contributed by atoms with Crippen molar-refractivity contribution in [3.05, 3.63) is 47.7 Å². The molecule has 0 radical (unpaired) electrons. The Kier molecular flexibility index (Phi) is 2.32. The van der Waals surface area contributed by atoms with E-state index in [1.165, 1.54) is 5.56 Å². The second kappa shape index (κ2) is 3.49. The molecule has 0 bridgehead atoms. The lowest BCUT2D eigenvalue weighted by Crippen LogP contribution is -2.08. The number of hydrogen-bond acceptors (Lipinski definition) is 1. The predicted molar refractivity (Wildman–Crippen MR) is 58.0 cm³/mol. The van der Waals surface area contributed by atoms with E-state index in [1.807, 2.05) is 6.07 Å². The molecule has 0 atom stereocenters. The highest BCUT2D eigenvalue weighted by molar-refractivity contribution is 5.21. The van der Waals surface area contributed by atoms with Gasteiger partial charge in [0.2, 0.25) is 0 Å². The van der Waals surface area contributed by atoms with E-state index in [4.69, 9.17) is 4.74 Å². The van der Waals surface area contributed by atoms with Gasteiger partial charge in [0, 0.05) is 11.8 Å². The van der Waals surface area contributed by atoms with E-state index in [1.54, 1.807) is 0 Å². The summed E-state index contributed by atoms with van der Waals surface area (Å²) in [7, 11) is 0. The van der Waals surface area contributed by atoms with Crippen LogP contribution in [0.4, 0.5) is 0 Å². The lowest BCUT2D eigenvalue weighted by atomic mass is 9.95. The third-order valence-electron chi connectivity index (χ3n) is 2.40. The third-order valence-corrected chi connectivity index (χ3v) is 2.40. The fraction of sp³-hybridized carbons (Fsp3) is 0.385. The summed E-state index contributed by atoms with van der Waals surface area (Å²) in [6, 6.07) is 10.4. The predicted octanol–water partition coefficient (Wildman–Crippen LogP) is 3.17. The second-order valence-electron chi connectivity index (χ2n) is 4.55. The van der Waals surface area contributed by atoms with Gasteiger partial charge in [0.1, 0.15) is 0 Å². The summed E-state index contributed by atoms with van der Waals surface area (Å²) in [5.74, 6) is 1.11. The molecule has 0 aromatic heterocycles. The Morgan fingerprint density at radius 3 is 2.50 bits per heavy atom. The van der Waals surface area contributed by atoms with Crippen molar-refractivity contribution in [2.75, 3.05) is 6.61 Å². The van der Waals surface area contributed by atoms with Gasteiger partial charge in [-0.3, -0.25) is 0 Å². The zero-order valence-corrected chi connectivity index (χ0v) is 8.79. The lowest BCUT2D eigenvalue weighted by Gasteiger charge is -2.09. The molecule has 74 valence electrons. The van der Waals surface area contributed by atoms with E-state index >= 15 is 0 Å². The minimum absolute atomic E-state index is 0.212. The molecule has 0 N–H and O–H groups in total. The Labute approximate surface area is 85.4 Å². The van der Waals surface area contributed by atoms with Crippen molar-refractivity contribution in [3.8, 4) is 0 Å². The van der Waals surface area contributed by atoms with E-state index in [2.05, 4.69) is 44.2 Å². The first-order chi connectivity index (χ1) is 6.66. The van der Waals surface area contributed by atoms with Crippen LogP contribution in [0.5, 0.6) is 0 Å². The summed E-state index contributed by atoms with van der Waals surface area (Å²) in [4.78, 5) is 0. The molecule has 0 spiro atoms. The highest BCUT2D eigenvalue weighted by atomic mass is 16.5. The first-order valence-corrected chi connectivity index (χ1v) is 5.04. The van der Waals surface area contributed by atoms with Gasteiger partial charge in [-0.05, 0) is 11.6 Å². The maximum Gasteiger partial charge on any atom is 0.0970 e. The van der Waals surface area contributed by atoms with E-state index in [0.29, 0.717) is 0 Å². The molecular weight excluding hydrogens is 172 g/mol. The summed E-state index contributed by atoms with van der Waals surface area (Å²) < 4.78 is 5.63. The summed E-state index contributed by atoms with van der Waals surface area (Å²) in [6.07, 6.45) is 3.16. The van der Waals surface area contributed by atoms with Crippen molar-refractivity contribution >= 4 is 0 Å². The van der Waals surface area contributed by atoms with Crippen LogP contribution in [0.1, 0.15) is 19.4 Å². The van der Waals surface area contributed by atoms with Crippen LogP contribution in [0.2, 0.25) is 0 Å². The summed E-state index contributed by atoms with van der Waals surface area (Å²) in [5.41, 5.74) is 1.53. The van der Waals surface area contributed by atoms with Gasteiger partial charge in [0.15, 0.2) is 0 Å². The fourth-order valence-electron chi connectivity index (χ4n) is 1.70. The highest BCUT2D eigenvalue weighted by Gasteiger charge is 2.24. The van der Waals surface area contributed by atoms with Gasteiger partial charge >= 0.3 is 0 Å². The molecule has 1 aliphatic rings. The number of ether oxygens (including phenoxy) is 1. The van der Waals surface area contributed by atoms with E-state index < -0.39 is 0 Å². The molecule has 0 fully saturated rings. The van der Waals surface area contributed by atoms with Gasteiger partial charge in [-0.2, -0.15) is 0 Å². The first-order valence-electron chi connectivity index (χ1n) is 5.04. The molecule has 1 aromatic carbocycles. The lowest BCUT2D eigenvalue weighted by molar-refractivity contribution is 0.182. The van der Waals surface area contributed by atoms with Gasteiger partial charge in [-0.1, -0.05) is 44.2 Å². The molecule has 0 saturated heterocycles. The molecule has 1 nitrogen and oxygen atoms in total. The molecule has 0 unspecified atom stereocenters. The Balaban J connectivity index is 2.07. The average Bonchev–Trinajstić information content (AvgIpc) is 2.47. The van der Waals surface area contributed by atoms with Crippen LogP contribution in [-0.4, -0.2) is 6.61 Å². The van der Waals surface area contributed by atoms with Gasteiger partial charge in [0.25, 0.3) is 0 Å². The Morgan fingerprint density at radius 2 is 1.93 bits per heavy atom. The minimum Gasteiger partial charge on any atom is -0.497 e. The van der Waals surface area contributed by atoms with Crippen molar-refractivity contribution < 1.29 is 4.74 Å². The van der Waals surface area contributed by atoms with Crippen molar-refractivity contribution in [2.24, 2.45) is 5.41 Å². The smallest absolute Gasteiger partial charge is 0.0970 e. The number of benzene rings is 1. The zero-order chi connectivity index (χ0) is 10.0. The topological polar surface area (TPSA) is 9.23 Å². The van der Waals surface area contributed by atoms with Crippen LogP contribution in [0.3, 0.4) is 0 Å². The van der Waals surface area contributed by atoms with Crippen molar-refractivity contribution in [1.82, 2.24) is 0 Å². The van der Waals surface area contributed by atoms with Gasteiger partial charge in [-0.25, -0.2) is 0 Å². The third kappa shape index (κ3) is 2.16. The number of hydrogen-bond donors (Lipinski definition) is 0. The maximum atomic E-state index is 5.63. The van der Waals surface area contributed by atoms with Gasteiger partial charge in [-0.15, -0.1) is 0 Å². The largest absolute Gasteiger partial charge is 0.497 e. The molecule has 2 rings (SSSR count). The van der Waals surface area contributed by atoms with Gasteiger partial charge in [0.05, 0.1) is 12.4 Å². The normalized spacial score (nSPS) is 18.9. The minimum atomic E-state index is 0.212. The molecular formula is C13H16O. The maximum absolute atomic E-state index is 5.63. The molecule has 0 amide bonds. The van der Waals surface area contributed by atoms with Crippen molar-refractivity contribution in [1.29, 1.82) is 0 Å². The quantitative estimate of drug-likeness (QED) is 0.692. The van der Waals surface area contributed by atoms with Crippen LogP contribution in [-0.2, 0) is 11.2 Å². The Bertz CT molecular complexity index is 336. The monoisotopic (exact) mass is 188 g/mol. The first kappa shape index (κ1) is 9.32. The number of allylic oxidation sites excluding steroid dienone is 1. The molecule has 0 saturated carbocycles. The molecule has 1 aromatic rings. The second-order valence-corrected chi connectivity index (χ2v) is 4.55. The molecule has 1 heterocycles. The molecule has 0 aliphatic carbocycles. The molecule has 14 heavy (non-hydrogen) atoms. The zero-order valence-electron chi connectivity index (χ0n) is 8.79. The average molecular weight is 188 g/mol. The summed E-state index contributed by atoms with van der Waals surface area (Å²) in [5, 5.41) is 0. The van der Waals surface area contributed by atoms with E-state index in [0.717, 1.165) is 18.8 Å². The SMILES string of the molecule is CC1(C)C=C(Cc2ccccc2)OC1. The number of rotatable bonds is 2. The van der Waals surface area contributed by atoms with Crippen LogP contribution >= 0.6 is 0 Å². The standard InChI is InChI=1S/C13H16O/c1-13(2)9-12(14-10-13)8-11-6-4-3-5-7-11/h3-7,9H,8,10H2,1-2H3. The van der Waals surface area contributed by atoms with Crippen LogP contribution in [0.25, 0.3) is 0 Å². The van der Waals surface area contributed by atoms with E-state index in [-0.39, 0.29) is 5.41 Å².